The molecule has 0 aromatic heterocycles. The Bertz CT molecular complexity index is 909. The van der Waals surface area contributed by atoms with Crippen molar-refractivity contribution >= 4 is 11.4 Å². The molecular weight excluding hydrogens is 344 g/mol. The third-order valence-electron chi connectivity index (χ3n) is 5.40. The molecule has 140 valence electrons. The summed E-state index contributed by atoms with van der Waals surface area (Å²) in [7, 11) is 1.64. The zero-order valence-electron chi connectivity index (χ0n) is 15.3. The number of anilines is 1. The first kappa shape index (κ1) is 17.4. The second-order valence-corrected chi connectivity index (χ2v) is 6.85. The molecule has 27 heavy (non-hydrogen) atoms. The van der Waals surface area contributed by atoms with Gasteiger partial charge in [0.1, 0.15) is 0 Å². The molecule has 4 rings (SSSR count). The lowest BCUT2D eigenvalue weighted by Gasteiger charge is -2.37. The normalized spacial score (nSPS) is 22.5. The minimum absolute atomic E-state index is 0.101. The molecule has 6 heteroatoms. The molecule has 3 atom stereocenters. The van der Waals surface area contributed by atoms with Gasteiger partial charge in [0.2, 0.25) is 0 Å². The first-order valence-electron chi connectivity index (χ1n) is 9.14. The van der Waals surface area contributed by atoms with E-state index in [1.54, 1.807) is 19.2 Å². The number of non-ortho nitro benzene ring substituents is 1. The highest BCUT2D eigenvalue weighted by molar-refractivity contribution is 5.63. The predicted molar refractivity (Wildman–Crippen MR) is 104 cm³/mol. The van der Waals surface area contributed by atoms with Crippen molar-refractivity contribution in [3.63, 3.8) is 0 Å². The van der Waals surface area contributed by atoms with Crippen molar-refractivity contribution in [2.24, 2.45) is 5.92 Å². The van der Waals surface area contributed by atoms with Gasteiger partial charge < -0.3 is 14.8 Å². The molecule has 1 aliphatic heterocycles. The van der Waals surface area contributed by atoms with E-state index in [0.717, 1.165) is 29.0 Å². The van der Waals surface area contributed by atoms with Crippen LogP contribution < -0.4 is 14.8 Å². The van der Waals surface area contributed by atoms with Gasteiger partial charge in [-0.05, 0) is 48.6 Å². The monoisotopic (exact) mass is 366 g/mol. The lowest BCUT2D eigenvalue weighted by Crippen LogP contribution is -2.29. The van der Waals surface area contributed by atoms with Crippen molar-refractivity contribution in [2.45, 2.75) is 25.3 Å². The number of hydrogen-bond acceptors (Lipinski definition) is 5. The summed E-state index contributed by atoms with van der Waals surface area (Å²) in [6.45, 7) is 2.52. The number of fused-ring (bicyclic) bond motifs is 3. The van der Waals surface area contributed by atoms with Crippen LogP contribution in [0.1, 0.15) is 36.4 Å². The van der Waals surface area contributed by atoms with Gasteiger partial charge in [0.05, 0.1) is 24.7 Å². The van der Waals surface area contributed by atoms with E-state index in [0.29, 0.717) is 18.3 Å². The van der Waals surface area contributed by atoms with E-state index in [4.69, 9.17) is 9.47 Å². The summed E-state index contributed by atoms with van der Waals surface area (Å²) in [5.74, 6) is 1.93. The number of nitro groups is 1. The van der Waals surface area contributed by atoms with Crippen LogP contribution in [0.2, 0.25) is 0 Å². The number of nitrogens with one attached hydrogen (secondary N) is 1. The number of nitro benzene ring substituents is 1. The fourth-order valence-electron chi connectivity index (χ4n) is 4.18. The van der Waals surface area contributed by atoms with E-state index < -0.39 is 0 Å². The van der Waals surface area contributed by atoms with E-state index in [1.807, 2.05) is 25.1 Å². The number of nitrogens with zero attached hydrogens (tertiary/aromatic N) is 1. The Kier molecular flexibility index (Phi) is 4.48. The van der Waals surface area contributed by atoms with Crippen LogP contribution in [0.5, 0.6) is 11.5 Å². The summed E-state index contributed by atoms with van der Waals surface area (Å²) in [5, 5.41) is 14.8. The molecule has 1 N–H and O–H groups in total. The number of ether oxygens (including phenoxy) is 2. The SMILES string of the molecule is CCOc1cc([C@@H]2Nc3ccc([N+](=O)[O-])cc3[C@@H]3C=CC[C@@H]32)ccc1OC. The Hall–Kier alpha value is -3.02. The topological polar surface area (TPSA) is 73.6 Å². The van der Waals surface area contributed by atoms with Gasteiger partial charge in [-0.3, -0.25) is 10.1 Å². The first-order chi connectivity index (χ1) is 13.1. The van der Waals surface area contributed by atoms with Gasteiger partial charge >= 0.3 is 0 Å². The third kappa shape index (κ3) is 3.01. The second kappa shape index (κ2) is 6.95. The Morgan fingerprint density at radius 3 is 2.81 bits per heavy atom. The maximum atomic E-state index is 11.2. The standard InChI is InChI=1S/C21H22N2O4/c1-3-27-20-11-13(7-10-19(20)26-2)21-16-6-4-5-15(16)17-12-14(23(24)25)8-9-18(17)22-21/h4-5,7-12,15-16,21-22H,3,6H2,1-2H3/t15-,16+,21+/m1/s1. The van der Waals surface area contributed by atoms with Crippen LogP contribution in [0.4, 0.5) is 11.4 Å². The van der Waals surface area contributed by atoms with Crippen molar-refractivity contribution < 1.29 is 14.4 Å². The van der Waals surface area contributed by atoms with Crippen molar-refractivity contribution in [1.29, 1.82) is 0 Å². The van der Waals surface area contributed by atoms with Crippen molar-refractivity contribution in [3.05, 3.63) is 69.8 Å². The lowest BCUT2D eigenvalue weighted by molar-refractivity contribution is -0.384. The minimum Gasteiger partial charge on any atom is -0.493 e. The fourth-order valence-corrected chi connectivity index (χ4v) is 4.18. The van der Waals surface area contributed by atoms with Gasteiger partial charge in [-0.25, -0.2) is 0 Å². The highest BCUT2D eigenvalue weighted by Gasteiger charge is 2.38. The summed E-state index contributed by atoms with van der Waals surface area (Å²) in [5.41, 5.74) is 3.21. The van der Waals surface area contributed by atoms with E-state index >= 15 is 0 Å². The smallest absolute Gasteiger partial charge is 0.269 e. The van der Waals surface area contributed by atoms with E-state index in [-0.39, 0.29) is 22.6 Å². The molecule has 2 aromatic carbocycles. The van der Waals surface area contributed by atoms with Crippen LogP contribution in [0.3, 0.4) is 0 Å². The van der Waals surface area contributed by atoms with Crippen LogP contribution >= 0.6 is 0 Å². The van der Waals surface area contributed by atoms with Gasteiger partial charge in [-0.2, -0.15) is 0 Å². The Balaban J connectivity index is 1.73. The van der Waals surface area contributed by atoms with Gasteiger partial charge in [0.25, 0.3) is 5.69 Å². The molecule has 1 aliphatic carbocycles. The molecule has 0 amide bonds. The second-order valence-electron chi connectivity index (χ2n) is 6.85. The highest BCUT2D eigenvalue weighted by Crippen LogP contribution is 2.51. The molecule has 0 saturated carbocycles. The predicted octanol–water partition coefficient (Wildman–Crippen LogP) is 4.83. The van der Waals surface area contributed by atoms with E-state index in [1.165, 1.54) is 0 Å². The van der Waals surface area contributed by atoms with Crippen LogP contribution in [0, 0.1) is 16.0 Å². The summed E-state index contributed by atoms with van der Waals surface area (Å²) in [4.78, 5) is 10.8. The van der Waals surface area contributed by atoms with Gasteiger partial charge in [0, 0.05) is 23.7 Å². The zero-order chi connectivity index (χ0) is 19.0. The van der Waals surface area contributed by atoms with Crippen molar-refractivity contribution in [3.8, 4) is 11.5 Å². The minimum atomic E-state index is -0.335. The summed E-state index contributed by atoms with van der Waals surface area (Å²) in [6, 6.07) is 11.2. The lowest BCUT2D eigenvalue weighted by atomic mass is 9.77. The molecule has 6 nitrogen and oxygen atoms in total. The van der Waals surface area contributed by atoms with Crippen LogP contribution in [-0.4, -0.2) is 18.6 Å². The number of rotatable bonds is 5. The molecule has 2 aromatic rings. The number of methoxy groups -OCH3 is 1. The van der Waals surface area contributed by atoms with E-state index in [2.05, 4.69) is 23.5 Å². The molecular formula is C21H22N2O4. The molecule has 0 fully saturated rings. The molecule has 0 bridgehead atoms. The van der Waals surface area contributed by atoms with Gasteiger partial charge in [0.15, 0.2) is 11.5 Å². The Morgan fingerprint density at radius 1 is 1.22 bits per heavy atom. The van der Waals surface area contributed by atoms with Crippen LogP contribution in [0.25, 0.3) is 0 Å². The highest BCUT2D eigenvalue weighted by atomic mass is 16.6. The molecule has 1 heterocycles. The average molecular weight is 366 g/mol. The third-order valence-corrected chi connectivity index (χ3v) is 5.40. The van der Waals surface area contributed by atoms with Crippen molar-refractivity contribution in [2.75, 3.05) is 19.0 Å². The molecule has 0 radical (unpaired) electrons. The Morgan fingerprint density at radius 2 is 2.07 bits per heavy atom. The maximum Gasteiger partial charge on any atom is 0.269 e. The van der Waals surface area contributed by atoms with Crippen molar-refractivity contribution in [1.82, 2.24) is 0 Å². The van der Waals surface area contributed by atoms with Crippen LogP contribution in [0.15, 0.2) is 48.6 Å². The van der Waals surface area contributed by atoms with Crippen LogP contribution in [-0.2, 0) is 0 Å². The number of benzene rings is 2. The van der Waals surface area contributed by atoms with E-state index in [9.17, 15) is 10.1 Å². The maximum absolute atomic E-state index is 11.2. The molecule has 0 saturated heterocycles. The summed E-state index contributed by atoms with van der Waals surface area (Å²) >= 11 is 0. The van der Waals surface area contributed by atoms with Gasteiger partial charge in [-0.1, -0.05) is 18.2 Å². The zero-order valence-corrected chi connectivity index (χ0v) is 15.3. The quantitative estimate of drug-likeness (QED) is 0.466. The van der Waals surface area contributed by atoms with Gasteiger partial charge in [-0.15, -0.1) is 0 Å². The summed E-state index contributed by atoms with van der Waals surface area (Å²) < 4.78 is 11.1. The summed E-state index contributed by atoms with van der Waals surface area (Å²) in [6.07, 6.45) is 5.28. The largest absolute Gasteiger partial charge is 0.493 e. The fraction of sp³-hybridized carbons (Fsp3) is 0.333. The number of allylic oxidation sites excluding steroid dienone is 2. The molecule has 0 spiro atoms. The Labute approximate surface area is 158 Å². The number of hydrogen-bond donors (Lipinski definition) is 1. The molecule has 0 unspecified atom stereocenters. The first-order valence-corrected chi connectivity index (χ1v) is 9.14. The average Bonchev–Trinajstić information content (AvgIpc) is 3.17. The molecule has 2 aliphatic rings.